The van der Waals surface area contributed by atoms with Crippen LogP contribution in [0.3, 0.4) is 0 Å². The van der Waals surface area contributed by atoms with Crippen LogP contribution in [-0.4, -0.2) is 0 Å². The smallest absolute Gasteiger partial charge is 0.0155 e. The molecule has 0 unspecified atom stereocenters. The van der Waals surface area contributed by atoms with E-state index in [1.165, 1.54) is 27.8 Å². The van der Waals surface area contributed by atoms with Gasteiger partial charge in [0, 0.05) is 0 Å². The van der Waals surface area contributed by atoms with Gasteiger partial charge in [-0.1, -0.05) is 80.2 Å². The van der Waals surface area contributed by atoms with E-state index < -0.39 is 0 Å². The Labute approximate surface area is 121 Å². The van der Waals surface area contributed by atoms with Crippen molar-refractivity contribution in [3.8, 4) is 22.3 Å². The molecule has 0 N–H and O–H groups in total. The molecule has 0 heterocycles. The van der Waals surface area contributed by atoms with Gasteiger partial charge in [0.15, 0.2) is 0 Å². The lowest BCUT2D eigenvalue weighted by Crippen LogP contribution is -1.84. The second kappa shape index (κ2) is 6.21. The minimum atomic E-state index is 0. The van der Waals surface area contributed by atoms with Crippen LogP contribution in [-0.2, 0) is 0 Å². The molecule has 0 radical (unpaired) electrons. The predicted octanol–water partition coefficient (Wildman–Crippen LogP) is 5.97. The first kappa shape index (κ1) is 14.1. The zero-order valence-corrected chi connectivity index (χ0v) is 11.0. The highest BCUT2D eigenvalue weighted by Crippen LogP contribution is 2.28. The summed E-state index contributed by atoms with van der Waals surface area (Å²) in [4.78, 5) is 0. The number of aryl methyl sites for hydroxylation is 1. The molecule has 100 valence electrons. The fourth-order valence-corrected chi connectivity index (χ4v) is 2.39. The first-order chi connectivity index (χ1) is 9.34. The van der Waals surface area contributed by atoms with Gasteiger partial charge in [0.2, 0.25) is 0 Å². The molecule has 0 amide bonds. The second-order valence-corrected chi connectivity index (χ2v) is 4.76. The van der Waals surface area contributed by atoms with Gasteiger partial charge < -0.3 is 0 Å². The summed E-state index contributed by atoms with van der Waals surface area (Å²) in [5, 5.41) is 0. The number of hydrogen-bond donors (Lipinski definition) is 0. The summed E-state index contributed by atoms with van der Waals surface area (Å²) >= 11 is 0. The van der Waals surface area contributed by atoms with Gasteiger partial charge in [-0.15, -0.1) is 0 Å². The van der Waals surface area contributed by atoms with Crippen LogP contribution in [0.25, 0.3) is 22.3 Å². The lowest BCUT2D eigenvalue weighted by molar-refractivity contribution is 1.46. The number of benzene rings is 3. The summed E-state index contributed by atoms with van der Waals surface area (Å²) in [6.45, 7) is 2.16. The SMILES string of the molecule is C.Cc1ccccc1-c1cccc(-c2ccccc2)c1. The van der Waals surface area contributed by atoms with Crippen LogP contribution in [0, 0.1) is 6.92 Å². The Balaban J connectivity index is 0.00000147. The Bertz CT molecular complexity index is 681. The quantitative estimate of drug-likeness (QED) is 0.533. The van der Waals surface area contributed by atoms with Crippen molar-refractivity contribution in [2.24, 2.45) is 0 Å². The average Bonchev–Trinajstić information content (AvgIpc) is 2.49. The molecule has 0 aliphatic heterocycles. The molecule has 0 saturated carbocycles. The molecule has 0 aliphatic carbocycles. The fourth-order valence-electron chi connectivity index (χ4n) is 2.39. The van der Waals surface area contributed by atoms with Gasteiger partial charge in [-0.05, 0) is 40.8 Å². The molecular weight excluding hydrogens is 240 g/mol. The summed E-state index contributed by atoms with van der Waals surface area (Å²) in [6.07, 6.45) is 0. The van der Waals surface area contributed by atoms with Crippen LogP contribution in [0.5, 0.6) is 0 Å². The second-order valence-electron chi connectivity index (χ2n) is 4.76. The van der Waals surface area contributed by atoms with Crippen molar-refractivity contribution in [1.29, 1.82) is 0 Å². The number of rotatable bonds is 2. The minimum absolute atomic E-state index is 0. The molecule has 0 fully saturated rings. The Morgan fingerprint density at radius 1 is 0.550 bits per heavy atom. The van der Waals surface area contributed by atoms with Gasteiger partial charge in [-0.3, -0.25) is 0 Å². The Morgan fingerprint density at radius 2 is 1.15 bits per heavy atom. The predicted molar refractivity (Wildman–Crippen MR) is 88.8 cm³/mol. The van der Waals surface area contributed by atoms with Crippen molar-refractivity contribution in [2.75, 3.05) is 0 Å². The molecular formula is C20H20. The van der Waals surface area contributed by atoms with Gasteiger partial charge >= 0.3 is 0 Å². The molecule has 0 nitrogen and oxygen atoms in total. The number of hydrogen-bond acceptors (Lipinski definition) is 0. The van der Waals surface area contributed by atoms with Crippen molar-refractivity contribution >= 4 is 0 Å². The van der Waals surface area contributed by atoms with Gasteiger partial charge in [-0.2, -0.15) is 0 Å². The van der Waals surface area contributed by atoms with Crippen molar-refractivity contribution < 1.29 is 0 Å². The third-order valence-corrected chi connectivity index (χ3v) is 3.43. The van der Waals surface area contributed by atoms with E-state index in [9.17, 15) is 0 Å². The monoisotopic (exact) mass is 260 g/mol. The van der Waals surface area contributed by atoms with Gasteiger partial charge in [0.25, 0.3) is 0 Å². The first-order valence-corrected chi connectivity index (χ1v) is 6.56. The van der Waals surface area contributed by atoms with Crippen molar-refractivity contribution in [1.82, 2.24) is 0 Å². The largest absolute Gasteiger partial charge is 0.0776 e. The third kappa shape index (κ3) is 2.80. The van der Waals surface area contributed by atoms with E-state index in [2.05, 4.69) is 85.8 Å². The summed E-state index contributed by atoms with van der Waals surface area (Å²) < 4.78 is 0. The van der Waals surface area contributed by atoms with Gasteiger partial charge in [0.1, 0.15) is 0 Å². The Morgan fingerprint density at radius 3 is 1.90 bits per heavy atom. The van der Waals surface area contributed by atoms with E-state index in [1.54, 1.807) is 0 Å². The van der Waals surface area contributed by atoms with Crippen LogP contribution in [0.2, 0.25) is 0 Å². The molecule has 0 saturated heterocycles. The highest BCUT2D eigenvalue weighted by atomic mass is 14.1. The van der Waals surface area contributed by atoms with Crippen LogP contribution < -0.4 is 0 Å². The van der Waals surface area contributed by atoms with Gasteiger partial charge in [-0.25, -0.2) is 0 Å². The molecule has 3 aromatic rings. The maximum atomic E-state index is 2.26. The summed E-state index contributed by atoms with van der Waals surface area (Å²) in [5.74, 6) is 0. The molecule has 0 atom stereocenters. The van der Waals surface area contributed by atoms with E-state index >= 15 is 0 Å². The van der Waals surface area contributed by atoms with E-state index in [0.29, 0.717) is 0 Å². The third-order valence-electron chi connectivity index (χ3n) is 3.43. The molecule has 0 aliphatic rings. The minimum Gasteiger partial charge on any atom is -0.0776 e. The van der Waals surface area contributed by atoms with E-state index in [4.69, 9.17) is 0 Å². The summed E-state index contributed by atoms with van der Waals surface area (Å²) in [5.41, 5.74) is 6.42. The maximum Gasteiger partial charge on any atom is -0.0155 e. The lowest BCUT2D eigenvalue weighted by atomic mass is 9.96. The highest BCUT2D eigenvalue weighted by molar-refractivity contribution is 5.74. The maximum absolute atomic E-state index is 2.26. The normalized spacial score (nSPS) is 9.85. The zero-order valence-electron chi connectivity index (χ0n) is 11.0. The van der Waals surface area contributed by atoms with Crippen LogP contribution >= 0.6 is 0 Å². The van der Waals surface area contributed by atoms with Crippen molar-refractivity contribution in [3.05, 3.63) is 84.4 Å². The lowest BCUT2D eigenvalue weighted by Gasteiger charge is -2.08. The molecule has 0 heteroatoms. The highest BCUT2D eigenvalue weighted by Gasteiger charge is 2.03. The van der Waals surface area contributed by atoms with Crippen molar-refractivity contribution in [3.63, 3.8) is 0 Å². The van der Waals surface area contributed by atoms with Crippen molar-refractivity contribution in [2.45, 2.75) is 14.4 Å². The topological polar surface area (TPSA) is 0 Å². The molecule has 0 bridgehead atoms. The van der Waals surface area contributed by atoms with Crippen LogP contribution in [0.15, 0.2) is 78.9 Å². The van der Waals surface area contributed by atoms with Crippen LogP contribution in [0.4, 0.5) is 0 Å². The summed E-state index contributed by atoms with van der Waals surface area (Å²) in [6, 6.07) is 27.8. The zero-order chi connectivity index (χ0) is 13.1. The van der Waals surface area contributed by atoms with Crippen LogP contribution in [0.1, 0.15) is 13.0 Å². The Kier molecular flexibility index (Phi) is 4.37. The van der Waals surface area contributed by atoms with Gasteiger partial charge in [0.05, 0.1) is 0 Å². The molecule has 3 rings (SSSR count). The van der Waals surface area contributed by atoms with E-state index in [1.807, 2.05) is 0 Å². The van der Waals surface area contributed by atoms with E-state index in [0.717, 1.165) is 0 Å². The standard InChI is InChI=1S/C19H16.CH4/c1-15-8-5-6-13-19(15)18-12-7-11-17(14-18)16-9-3-2-4-10-16;/h2-14H,1H3;1H4. The van der Waals surface area contributed by atoms with E-state index in [-0.39, 0.29) is 7.43 Å². The first-order valence-electron chi connectivity index (χ1n) is 6.56. The molecule has 0 spiro atoms. The average molecular weight is 260 g/mol. The summed E-state index contributed by atoms with van der Waals surface area (Å²) in [7, 11) is 0. The fraction of sp³-hybridized carbons (Fsp3) is 0.100. The molecule has 20 heavy (non-hydrogen) atoms. The molecule has 3 aromatic carbocycles. The molecule has 0 aromatic heterocycles. The Hall–Kier alpha value is -2.34.